The smallest absolute Gasteiger partial charge is 0.0795 e. The monoisotopic (exact) mass is 226 g/mol. The van der Waals surface area contributed by atoms with E-state index in [1.165, 1.54) is 38.5 Å². The van der Waals surface area contributed by atoms with Gasteiger partial charge in [0.1, 0.15) is 0 Å². The lowest BCUT2D eigenvalue weighted by Crippen LogP contribution is -2.50. The Labute approximate surface area is 99.0 Å². The van der Waals surface area contributed by atoms with Crippen LogP contribution in [0.3, 0.4) is 0 Å². The summed E-state index contributed by atoms with van der Waals surface area (Å²) in [6.07, 6.45) is 9.90. The van der Waals surface area contributed by atoms with Crippen LogP contribution in [-0.2, 0) is 0 Å². The summed E-state index contributed by atoms with van der Waals surface area (Å²) in [4.78, 5) is 0. The molecule has 1 aliphatic heterocycles. The van der Waals surface area contributed by atoms with Crippen LogP contribution in [0.25, 0.3) is 0 Å². The standard InChI is InChI=1S/C13H26N2O/c16-13(7-9-14-10-8-13)11-15-12-5-3-1-2-4-6-12/h12,14-16H,1-11H2. The van der Waals surface area contributed by atoms with Crippen LogP contribution in [0.2, 0.25) is 0 Å². The van der Waals surface area contributed by atoms with Gasteiger partial charge in [-0.05, 0) is 38.8 Å². The van der Waals surface area contributed by atoms with E-state index in [2.05, 4.69) is 10.6 Å². The SMILES string of the molecule is OC1(CNC2CCCCCC2)CCNCC1. The molecule has 0 aromatic heterocycles. The minimum Gasteiger partial charge on any atom is -0.388 e. The molecule has 2 aliphatic rings. The summed E-state index contributed by atoms with van der Waals surface area (Å²) in [7, 11) is 0. The Bertz CT molecular complexity index is 194. The highest BCUT2D eigenvalue weighted by atomic mass is 16.3. The number of piperidine rings is 1. The van der Waals surface area contributed by atoms with Gasteiger partial charge in [0, 0.05) is 12.6 Å². The van der Waals surface area contributed by atoms with Crippen molar-refractivity contribution in [1.29, 1.82) is 0 Å². The van der Waals surface area contributed by atoms with Crippen LogP contribution in [0.1, 0.15) is 51.4 Å². The zero-order valence-corrected chi connectivity index (χ0v) is 10.3. The molecule has 1 saturated carbocycles. The molecule has 0 atom stereocenters. The maximum atomic E-state index is 10.4. The first kappa shape index (κ1) is 12.3. The molecule has 0 spiro atoms. The van der Waals surface area contributed by atoms with E-state index in [4.69, 9.17) is 0 Å². The van der Waals surface area contributed by atoms with E-state index in [0.717, 1.165) is 32.5 Å². The van der Waals surface area contributed by atoms with E-state index in [0.29, 0.717) is 6.04 Å². The molecule has 0 aromatic rings. The lowest BCUT2D eigenvalue weighted by molar-refractivity contribution is 0.00842. The van der Waals surface area contributed by atoms with Crippen LogP contribution in [0.5, 0.6) is 0 Å². The van der Waals surface area contributed by atoms with E-state index in [-0.39, 0.29) is 0 Å². The molecular formula is C13H26N2O. The van der Waals surface area contributed by atoms with Crippen molar-refractivity contribution in [3.8, 4) is 0 Å². The molecule has 1 heterocycles. The number of aliphatic hydroxyl groups is 1. The molecule has 0 radical (unpaired) electrons. The highest BCUT2D eigenvalue weighted by Crippen LogP contribution is 2.20. The van der Waals surface area contributed by atoms with Gasteiger partial charge in [-0.3, -0.25) is 0 Å². The highest BCUT2D eigenvalue weighted by Gasteiger charge is 2.29. The average molecular weight is 226 g/mol. The third-order valence-corrected chi connectivity index (χ3v) is 4.11. The highest BCUT2D eigenvalue weighted by molar-refractivity contribution is 4.87. The maximum absolute atomic E-state index is 10.4. The van der Waals surface area contributed by atoms with Crippen molar-refractivity contribution in [2.24, 2.45) is 0 Å². The molecule has 16 heavy (non-hydrogen) atoms. The Morgan fingerprint density at radius 1 is 1.06 bits per heavy atom. The Hall–Kier alpha value is -0.120. The fraction of sp³-hybridized carbons (Fsp3) is 1.00. The Morgan fingerprint density at radius 3 is 2.31 bits per heavy atom. The molecule has 0 amide bonds. The first-order valence-corrected chi connectivity index (χ1v) is 6.95. The minimum absolute atomic E-state index is 0.447. The summed E-state index contributed by atoms with van der Waals surface area (Å²) in [5, 5.41) is 17.3. The first-order chi connectivity index (χ1) is 7.79. The molecule has 0 bridgehead atoms. The van der Waals surface area contributed by atoms with Gasteiger partial charge in [0.25, 0.3) is 0 Å². The first-order valence-electron chi connectivity index (χ1n) is 6.95. The molecule has 3 nitrogen and oxygen atoms in total. The number of hydrogen-bond donors (Lipinski definition) is 3. The molecular weight excluding hydrogens is 200 g/mol. The Balaban J connectivity index is 1.72. The van der Waals surface area contributed by atoms with Crippen LogP contribution in [-0.4, -0.2) is 36.4 Å². The summed E-state index contributed by atoms with van der Waals surface area (Å²) in [5.41, 5.74) is -0.447. The second-order valence-electron chi connectivity index (χ2n) is 5.54. The molecule has 1 aliphatic carbocycles. The lowest BCUT2D eigenvalue weighted by Gasteiger charge is -2.34. The van der Waals surface area contributed by atoms with Crippen LogP contribution >= 0.6 is 0 Å². The summed E-state index contributed by atoms with van der Waals surface area (Å²) >= 11 is 0. The number of nitrogens with one attached hydrogen (secondary N) is 2. The third-order valence-electron chi connectivity index (χ3n) is 4.11. The van der Waals surface area contributed by atoms with Crippen molar-refractivity contribution < 1.29 is 5.11 Å². The normalized spacial score (nSPS) is 27.6. The molecule has 94 valence electrons. The Morgan fingerprint density at radius 2 is 1.69 bits per heavy atom. The van der Waals surface area contributed by atoms with Gasteiger partial charge in [0.05, 0.1) is 5.60 Å². The van der Waals surface area contributed by atoms with Crippen LogP contribution in [0, 0.1) is 0 Å². The third kappa shape index (κ3) is 3.72. The molecule has 0 aromatic carbocycles. The summed E-state index contributed by atoms with van der Waals surface area (Å²) in [5.74, 6) is 0. The molecule has 3 heteroatoms. The fourth-order valence-electron chi connectivity index (χ4n) is 2.89. The van der Waals surface area contributed by atoms with Crippen molar-refractivity contribution in [2.75, 3.05) is 19.6 Å². The van der Waals surface area contributed by atoms with Gasteiger partial charge in [-0.2, -0.15) is 0 Å². The predicted octanol–water partition coefficient (Wildman–Crippen LogP) is 1.41. The predicted molar refractivity (Wildman–Crippen MR) is 66.5 cm³/mol. The average Bonchev–Trinajstić information content (AvgIpc) is 2.56. The van der Waals surface area contributed by atoms with Gasteiger partial charge in [-0.1, -0.05) is 25.7 Å². The molecule has 0 unspecified atom stereocenters. The summed E-state index contributed by atoms with van der Waals surface area (Å²) in [6.45, 7) is 2.71. The van der Waals surface area contributed by atoms with Crippen molar-refractivity contribution in [1.82, 2.24) is 10.6 Å². The van der Waals surface area contributed by atoms with Gasteiger partial charge in [-0.25, -0.2) is 0 Å². The Kier molecular flexibility index (Phi) is 4.62. The van der Waals surface area contributed by atoms with Crippen molar-refractivity contribution >= 4 is 0 Å². The van der Waals surface area contributed by atoms with Crippen LogP contribution in [0.4, 0.5) is 0 Å². The van der Waals surface area contributed by atoms with Gasteiger partial charge in [-0.15, -0.1) is 0 Å². The molecule has 3 N–H and O–H groups in total. The quantitative estimate of drug-likeness (QED) is 0.638. The molecule has 2 rings (SSSR count). The topological polar surface area (TPSA) is 44.3 Å². The van der Waals surface area contributed by atoms with E-state index in [9.17, 15) is 5.11 Å². The number of rotatable bonds is 3. The van der Waals surface area contributed by atoms with Crippen LogP contribution < -0.4 is 10.6 Å². The maximum Gasteiger partial charge on any atom is 0.0795 e. The van der Waals surface area contributed by atoms with Crippen molar-refractivity contribution in [2.45, 2.75) is 63.0 Å². The van der Waals surface area contributed by atoms with Gasteiger partial charge in [0.2, 0.25) is 0 Å². The second-order valence-corrected chi connectivity index (χ2v) is 5.54. The van der Waals surface area contributed by atoms with Gasteiger partial charge in [0.15, 0.2) is 0 Å². The minimum atomic E-state index is -0.447. The lowest BCUT2D eigenvalue weighted by atomic mass is 9.92. The molecule has 1 saturated heterocycles. The van der Waals surface area contributed by atoms with E-state index < -0.39 is 5.60 Å². The van der Waals surface area contributed by atoms with Crippen molar-refractivity contribution in [3.63, 3.8) is 0 Å². The number of hydrogen-bond acceptors (Lipinski definition) is 3. The van der Waals surface area contributed by atoms with Gasteiger partial charge < -0.3 is 15.7 Å². The zero-order chi connectivity index (χ0) is 11.3. The largest absolute Gasteiger partial charge is 0.388 e. The molecule has 2 fully saturated rings. The van der Waals surface area contributed by atoms with E-state index >= 15 is 0 Å². The van der Waals surface area contributed by atoms with E-state index in [1.807, 2.05) is 0 Å². The van der Waals surface area contributed by atoms with E-state index in [1.54, 1.807) is 0 Å². The summed E-state index contributed by atoms with van der Waals surface area (Å²) < 4.78 is 0. The fourth-order valence-corrected chi connectivity index (χ4v) is 2.89. The zero-order valence-electron chi connectivity index (χ0n) is 10.3. The van der Waals surface area contributed by atoms with Crippen molar-refractivity contribution in [3.05, 3.63) is 0 Å². The second kappa shape index (κ2) is 5.99. The summed E-state index contributed by atoms with van der Waals surface area (Å²) in [6, 6.07) is 0.654. The van der Waals surface area contributed by atoms with Crippen LogP contribution in [0.15, 0.2) is 0 Å². The van der Waals surface area contributed by atoms with Gasteiger partial charge >= 0.3 is 0 Å².